The SMILES string of the molecule is Cc1ccc(C(=O)NCc2ccc(C(=O)c3ccsc3)s2)cc1. The predicted octanol–water partition coefficient (Wildman–Crippen LogP) is 4.28. The van der Waals surface area contributed by atoms with Crippen LogP contribution < -0.4 is 5.32 Å². The van der Waals surface area contributed by atoms with Crippen molar-refractivity contribution in [1.29, 1.82) is 0 Å². The lowest BCUT2D eigenvalue weighted by atomic mass is 10.1. The van der Waals surface area contributed by atoms with Gasteiger partial charge in [-0.2, -0.15) is 11.3 Å². The van der Waals surface area contributed by atoms with Gasteiger partial charge in [-0.15, -0.1) is 11.3 Å². The molecular formula is C18H15NO2S2. The Morgan fingerprint density at radius 1 is 1.00 bits per heavy atom. The number of amides is 1. The average molecular weight is 341 g/mol. The first kappa shape index (κ1) is 15.6. The molecule has 1 amide bonds. The maximum Gasteiger partial charge on any atom is 0.251 e. The molecule has 0 aliphatic rings. The first-order valence-corrected chi connectivity index (χ1v) is 8.90. The van der Waals surface area contributed by atoms with Crippen molar-refractivity contribution >= 4 is 34.4 Å². The molecule has 0 bridgehead atoms. The summed E-state index contributed by atoms with van der Waals surface area (Å²) >= 11 is 2.93. The minimum atomic E-state index is -0.107. The fraction of sp³-hybridized carbons (Fsp3) is 0.111. The van der Waals surface area contributed by atoms with Gasteiger partial charge in [0.15, 0.2) is 0 Å². The lowest BCUT2D eigenvalue weighted by molar-refractivity contribution is 0.0950. The summed E-state index contributed by atoms with van der Waals surface area (Å²) in [5, 5.41) is 6.62. The summed E-state index contributed by atoms with van der Waals surface area (Å²) in [6.07, 6.45) is 0. The highest BCUT2D eigenvalue weighted by atomic mass is 32.1. The van der Waals surface area contributed by atoms with E-state index in [4.69, 9.17) is 0 Å². The topological polar surface area (TPSA) is 46.2 Å². The van der Waals surface area contributed by atoms with E-state index < -0.39 is 0 Å². The summed E-state index contributed by atoms with van der Waals surface area (Å²) in [5.41, 5.74) is 2.48. The fourth-order valence-corrected chi connectivity index (χ4v) is 3.65. The van der Waals surface area contributed by atoms with Gasteiger partial charge in [-0.1, -0.05) is 17.7 Å². The van der Waals surface area contributed by atoms with E-state index >= 15 is 0 Å². The van der Waals surface area contributed by atoms with Crippen LogP contribution in [0.25, 0.3) is 0 Å². The van der Waals surface area contributed by atoms with Gasteiger partial charge in [-0.3, -0.25) is 9.59 Å². The lowest BCUT2D eigenvalue weighted by Gasteiger charge is -2.04. The monoisotopic (exact) mass is 341 g/mol. The van der Waals surface area contributed by atoms with Crippen molar-refractivity contribution in [2.75, 3.05) is 0 Å². The number of thiophene rings is 2. The molecule has 1 aromatic carbocycles. The van der Waals surface area contributed by atoms with Crippen LogP contribution in [0.1, 0.15) is 36.0 Å². The van der Waals surface area contributed by atoms with E-state index in [1.54, 1.807) is 0 Å². The quantitative estimate of drug-likeness (QED) is 0.704. The van der Waals surface area contributed by atoms with Crippen molar-refractivity contribution in [3.05, 3.63) is 79.7 Å². The van der Waals surface area contributed by atoms with Crippen LogP contribution in [0.3, 0.4) is 0 Å². The van der Waals surface area contributed by atoms with Gasteiger partial charge in [-0.25, -0.2) is 0 Å². The highest BCUT2D eigenvalue weighted by molar-refractivity contribution is 7.14. The molecule has 116 valence electrons. The Kier molecular flexibility index (Phi) is 4.69. The summed E-state index contributed by atoms with van der Waals surface area (Å²) < 4.78 is 0. The molecular weight excluding hydrogens is 326 g/mol. The molecule has 5 heteroatoms. The van der Waals surface area contributed by atoms with E-state index in [2.05, 4.69) is 5.32 Å². The third-order valence-corrected chi connectivity index (χ3v) is 5.17. The molecule has 0 spiro atoms. The zero-order chi connectivity index (χ0) is 16.2. The highest BCUT2D eigenvalue weighted by Gasteiger charge is 2.13. The van der Waals surface area contributed by atoms with Crippen molar-refractivity contribution in [2.24, 2.45) is 0 Å². The van der Waals surface area contributed by atoms with Crippen LogP contribution in [0.4, 0.5) is 0 Å². The Balaban J connectivity index is 1.62. The van der Waals surface area contributed by atoms with E-state index in [9.17, 15) is 9.59 Å². The van der Waals surface area contributed by atoms with Gasteiger partial charge in [0.1, 0.15) is 0 Å². The normalized spacial score (nSPS) is 10.5. The van der Waals surface area contributed by atoms with Gasteiger partial charge in [0.05, 0.1) is 11.4 Å². The maximum atomic E-state index is 12.2. The van der Waals surface area contributed by atoms with Crippen LogP contribution in [-0.2, 0) is 6.54 Å². The number of carbonyl (C=O) groups excluding carboxylic acids is 2. The van der Waals surface area contributed by atoms with E-state index in [1.807, 2.05) is 60.1 Å². The Morgan fingerprint density at radius 2 is 1.78 bits per heavy atom. The number of carbonyl (C=O) groups is 2. The first-order valence-electron chi connectivity index (χ1n) is 7.14. The summed E-state index contributed by atoms with van der Waals surface area (Å²) in [6, 6.07) is 13.0. The van der Waals surface area contributed by atoms with Gasteiger partial charge in [0.25, 0.3) is 5.91 Å². The maximum absolute atomic E-state index is 12.2. The molecule has 0 aliphatic carbocycles. The van der Waals surface area contributed by atoms with Crippen molar-refractivity contribution in [2.45, 2.75) is 13.5 Å². The van der Waals surface area contributed by atoms with Crippen LogP contribution in [0.15, 0.2) is 53.2 Å². The Labute approximate surface area is 142 Å². The van der Waals surface area contributed by atoms with E-state index in [0.717, 1.165) is 10.4 Å². The molecule has 0 saturated heterocycles. The van der Waals surface area contributed by atoms with Gasteiger partial charge in [-0.05, 0) is 42.6 Å². The van der Waals surface area contributed by atoms with E-state index in [0.29, 0.717) is 22.5 Å². The Bertz CT molecular complexity index is 817. The molecule has 0 radical (unpaired) electrons. The summed E-state index contributed by atoms with van der Waals surface area (Å²) in [5.74, 6) is -0.0727. The average Bonchev–Trinajstić information content (AvgIpc) is 3.24. The van der Waals surface area contributed by atoms with Crippen LogP contribution in [0.2, 0.25) is 0 Å². The number of nitrogens with one attached hydrogen (secondary N) is 1. The Hall–Kier alpha value is -2.24. The van der Waals surface area contributed by atoms with E-state index in [-0.39, 0.29) is 11.7 Å². The molecule has 3 nitrogen and oxygen atoms in total. The number of ketones is 1. The molecule has 0 fully saturated rings. The van der Waals surface area contributed by atoms with Gasteiger partial charge < -0.3 is 5.32 Å². The largest absolute Gasteiger partial charge is 0.347 e. The highest BCUT2D eigenvalue weighted by Crippen LogP contribution is 2.21. The molecule has 1 N–H and O–H groups in total. The molecule has 3 aromatic rings. The van der Waals surface area contributed by atoms with Gasteiger partial charge in [0, 0.05) is 21.4 Å². The van der Waals surface area contributed by atoms with Gasteiger partial charge >= 0.3 is 0 Å². The summed E-state index contributed by atoms with van der Waals surface area (Å²) in [4.78, 5) is 26.0. The first-order chi connectivity index (χ1) is 11.1. The van der Waals surface area contributed by atoms with E-state index in [1.165, 1.54) is 22.7 Å². The van der Waals surface area contributed by atoms with Crippen LogP contribution in [-0.4, -0.2) is 11.7 Å². The molecule has 2 heterocycles. The van der Waals surface area contributed by atoms with Crippen molar-refractivity contribution < 1.29 is 9.59 Å². The third-order valence-electron chi connectivity index (χ3n) is 3.41. The standard InChI is InChI=1S/C18H15NO2S2/c1-12-2-4-13(5-3-12)18(21)19-10-15-6-7-16(23-15)17(20)14-8-9-22-11-14/h2-9,11H,10H2,1H3,(H,19,21). The van der Waals surface area contributed by atoms with Crippen molar-refractivity contribution in [3.8, 4) is 0 Å². The van der Waals surface area contributed by atoms with Crippen molar-refractivity contribution in [3.63, 3.8) is 0 Å². The lowest BCUT2D eigenvalue weighted by Crippen LogP contribution is -2.22. The number of aryl methyl sites for hydroxylation is 1. The number of hydrogen-bond donors (Lipinski definition) is 1. The predicted molar refractivity (Wildman–Crippen MR) is 94.4 cm³/mol. The second kappa shape index (κ2) is 6.89. The second-order valence-electron chi connectivity index (χ2n) is 5.16. The minimum Gasteiger partial charge on any atom is -0.347 e. The second-order valence-corrected chi connectivity index (χ2v) is 7.10. The summed E-state index contributed by atoms with van der Waals surface area (Å²) in [7, 11) is 0. The fourth-order valence-electron chi connectivity index (χ4n) is 2.11. The summed E-state index contributed by atoms with van der Waals surface area (Å²) in [6.45, 7) is 2.41. The third kappa shape index (κ3) is 3.75. The number of hydrogen-bond acceptors (Lipinski definition) is 4. The zero-order valence-corrected chi connectivity index (χ0v) is 14.2. The molecule has 2 aromatic heterocycles. The molecule has 0 unspecified atom stereocenters. The molecule has 0 atom stereocenters. The van der Waals surface area contributed by atoms with Crippen LogP contribution in [0.5, 0.6) is 0 Å². The number of benzene rings is 1. The Morgan fingerprint density at radius 3 is 2.48 bits per heavy atom. The van der Waals surface area contributed by atoms with Crippen LogP contribution >= 0.6 is 22.7 Å². The molecule has 0 saturated carbocycles. The molecule has 0 aliphatic heterocycles. The van der Waals surface area contributed by atoms with Crippen LogP contribution in [0, 0.1) is 6.92 Å². The minimum absolute atomic E-state index is 0.0346. The zero-order valence-electron chi connectivity index (χ0n) is 12.5. The smallest absolute Gasteiger partial charge is 0.251 e. The van der Waals surface area contributed by atoms with Crippen molar-refractivity contribution in [1.82, 2.24) is 5.32 Å². The number of rotatable bonds is 5. The molecule has 3 rings (SSSR count). The van der Waals surface area contributed by atoms with Gasteiger partial charge in [0.2, 0.25) is 5.78 Å². The molecule has 23 heavy (non-hydrogen) atoms.